The molecule has 0 spiro atoms. The number of ether oxygens (including phenoxy) is 1. The first-order chi connectivity index (χ1) is 14.3. The molecule has 9 nitrogen and oxygen atoms in total. The topological polar surface area (TPSA) is 119 Å². The summed E-state index contributed by atoms with van der Waals surface area (Å²) in [5.41, 5.74) is 9.03. The number of benzene rings is 2. The highest BCUT2D eigenvalue weighted by Crippen LogP contribution is 2.24. The molecule has 0 aromatic heterocycles. The molecule has 0 saturated carbocycles. The molecular formula is C21H24N4O5. The van der Waals surface area contributed by atoms with Gasteiger partial charge in [0.1, 0.15) is 0 Å². The molecule has 2 N–H and O–H groups in total. The summed E-state index contributed by atoms with van der Waals surface area (Å²) in [4.78, 5) is 38.7. The number of nitro benzene ring substituents is 1. The van der Waals surface area contributed by atoms with E-state index in [4.69, 9.17) is 10.5 Å². The Balaban J connectivity index is 1.53. The predicted molar refractivity (Wildman–Crippen MR) is 113 cm³/mol. The van der Waals surface area contributed by atoms with Gasteiger partial charge >= 0.3 is 5.97 Å². The Bertz CT molecular complexity index is 983. The number of piperazine rings is 1. The number of carbonyl (C=O) groups excluding carboxylic acids is 2. The van der Waals surface area contributed by atoms with E-state index >= 15 is 0 Å². The van der Waals surface area contributed by atoms with Gasteiger partial charge < -0.3 is 20.3 Å². The molecule has 3 rings (SSSR count). The van der Waals surface area contributed by atoms with Crippen LogP contribution in [0.4, 0.5) is 17.1 Å². The maximum atomic E-state index is 12.4. The molecule has 30 heavy (non-hydrogen) atoms. The summed E-state index contributed by atoms with van der Waals surface area (Å²) in [6.45, 7) is 6.21. The number of nitrogens with zero attached hydrogens (tertiary/aromatic N) is 3. The Morgan fingerprint density at radius 1 is 1.13 bits per heavy atom. The summed E-state index contributed by atoms with van der Waals surface area (Å²) in [6.07, 6.45) is 0. The molecule has 2 aromatic carbocycles. The normalized spacial score (nSPS) is 13.8. The third-order valence-corrected chi connectivity index (χ3v) is 5.34. The smallest absolute Gasteiger partial charge is 0.340 e. The van der Waals surface area contributed by atoms with E-state index in [9.17, 15) is 19.7 Å². The van der Waals surface area contributed by atoms with Crippen LogP contribution in [0.15, 0.2) is 36.4 Å². The number of rotatable bonds is 5. The molecule has 1 aliphatic rings. The number of amides is 1. The third kappa shape index (κ3) is 4.51. The van der Waals surface area contributed by atoms with Crippen LogP contribution >= 0.6 is 0 Å². The van der Waals surface area contributed by atoms with Crippen molar-refractivity contribution in [3.8, 4) is 0 Å². The van der Waals surface area contributed by atoms with Gasteiger partial charge in [-0.1, -0.05) is 12.1 Å². The highest BCUT2D eigenvalue weighted by atomic mass is 16.6. The zero-order valence-electron chi connectivity index (χ0n) is 17.0. The number of anilines is 2. The van der Waals surface area contributed by atoms with Crippen LogP contribution in [0.25, 0.3) is 0 Å². The Morgan fingerprint density at radius 2 is 1.83 bits per heavy atom. The van der Waals surface area contributed by atoms with Gasteiger partial charge in [-0.15, -0.1) is 0 Å². The molecule has 2 aromatic rings. The summed E-state index contributed by atoms with van der Waals surface area (Å²) in [7, 11) is 0. The quantitative estimate of drug-likeness (QED) is 0.346. The van der Waals surface area contributed by atoms with Crippen molar-refractivity contribution in [1.82, 2.24) is 4.90 Å². The van der Waals surface area contributed by atoms with Gasteiger partial charge in [0.15, 0.2) is 6.61 Å². The summed E-state index contributed by atoms with van der Waals surface area (Å²) in [5, 5.41) is 10.8. The van der Waals surface area contributed by atoms with Gasteiger partial charge in [-0.3, -0.25) is 14.9 Å². The average Bonchev–Trinajstić information content (AvgIpc) is 2.73. The summed E-state index contributed by atoms with van der Waals surface area (Å²) >= 11 is 0. The largest absolute Gasteiger partial charge is 0.452 e. The molecule has 1 aliphatic heterocycles. The lowest BCUT2D eigenvalue weighted by atomic mass is 10.1. The standard InChI is InChI=1S/C21H24N4O5/c1-14-4-3-5-19(15(14)2)23-8-10-24(11-9-23)20(26)13-30-21(27)17-7-6-16(25(28)29)12-18(17)22/h3-7,12H,8-11,13,22H2,1-2H3. The number of non-ortho nitro benzene ring substituents is 1. The number of nitrogens with two attached hydrogens (primary N) is 1. The van der Waals surface area contributed by atoms with Crippen LogP contribution in [0.2, 0.25) is 0 Å². The fourth-order valence-corrected chi connectivity index (χ4v) is 3.42. The van der Waals surface area contributed by atoms with Crippen molar-refractivity contribution in [1.29, 1.82) is 0 Å². The van der Waals surface area contributed by atoms with E-state index in [1.807, 2.05) is 6.07 Å². The Morgan fingerprint density at radius 3 is 2.47 bits per heavy atom. The number of esters is 1. The molecule has 1 saturated heterocycles. The van der Waals surface area contributed by atoms with Gasteiger partial charge in [-0.05, 0) is 37.1 Å². The van der Waals surface area contributed by atoms with E-state index in [0.29, 0.717) is 26.2 Å². The third-order valence-electron chi connectivity index (χ3n) is 5.34. The van der Waals surface area contributed by atoms with E-state index in [2.05, 4.69) is 30.9 Å². The minimum Gasteiger partial charge on any atom is -0.452 e. The molecule has 0 aliphatic carbocycles. The van der Waals surface area contributed by atoms with Crippen LogP contribution in [-0.2, 0) is 9.53 Å². The number of carbonyl (C=O) groups is 2. The molecule has 0 radical (unpaired) electrons. The second kappa shape index (κ2) is 8.81. The summed E-state index contributed by atoms with van der Waals surface area (Å²) < 4.78 is 5.08. The monoisotopic (exact) mass is 412 g/mol. The van der Waals surface area contributed by atoms with Crippen molar-refractivity contribution in [2.24, 2.45) is 0 Å². The highest BCUT2D eigenvalue weighted by Gasteiger charge is 2.24. The fourth-order valence-electron chi connectivity index (χ4n) is 3.42. The Hall–Kier alpha value is -3.62. The van der Waals surface area contributed by atoms with Gasteiger partial charge in [0.2, 0.25) is 0 Å². The second-order valence-electron chi connectivity index (χ2n) is 7.19. The highest BCUT2D eigenvalue weighted by molar-refractivity contribution is 5.96. The van der Waals surface area contributed by atoms with Gasteiger partial charge in [0.25, 0.3) is 11.6 Å². The minimum absolute atomic E-state index is 0.00635. The lowest BCUT2D eigenvalue weighted by molar-refractivity contribution is -0.384. The van der Waals surface area contributed by atoms with Crippen molar-refractivity contribution in [3.63, 3.8) is 0 Å². The van der Waals surface area contributed by atoms with E-state index < -0.39 is 17.5 Å². The maximum Gasteiger partial charge on any atom is 0.340 e. The van der Waals surface area contributed by atoms with Crippen LogP contribution in [-0.4, -0.2) is 54.5 Å². The Kier molecular flexibility index (Phi) is 6.20. The second-order valence-corrected chi connectivity index (χ2v) is 7.19. The molecule has 0 unspecified atom stereocenters. The van der Waals surface area contributed by atoms with Crippen LogP contribution < -0.4 is 10.6 Å². The lowest BCUT2D eigenvalue weighted by Gasteiger charge is -2.37. The van der Waals surface area contributed by atoms with Crippen LogP contribution in [0.5, 0.6) is 0 Å². The molecule has 1 fully saturated rings. The fraction of sp³-hybridized carbons (Fsp3) is 0.333. The number of nitrogen functional groups attached to an aromatic ring is 1. The summed E-state index contributed by atoms with van der Waals surface area (Å²) in [5.74, 6) is -1.07. The molecule has 158 valence electrons. The maximum absolute atomic E-state index is 12.4. The molecule has 9 heteroatoms. The van der Waals surface area contributed by atoms with Crippen LogP contribution in [0, 0.1) is 24.0 Å². The Labute approximate surface area is 174 Å². The molecular weight excluding hydrogens is 388 g/mol. The summed E-state index contributed by atoms with van der Waals surface area (Å²) in [6, 6.07) is 9.66. The molecule has 0 bridgehead atoms. The van der Waals surface area contributed by atoms with E-state index in [0.717, 1.165) is 6.07 Å². The van der Waals surface area contributed by atoms with Crippen molar-refractivity contribution in [2.45, 2.75) is 13.8 Å². The number of hydrogen-bond acceptors (Lipinski definition) is 7. The van der Waals surface area contributed by atoms with Crippen molar-refractivity contribution in [2.75, 3.05) is 43.4 Å². The molecule has 1 heterocycles. The number of aryl methyl sites for hydroxylation is 1. The minimum atomic E-state index is -0.787. The lowest BCUT2D eigenvalue weighted by Crippen LogP contribution is -2.50. The van der Waals surface area contributed by atoms with Crippen molar-refractivity contribution < 1.29 is 19.2 Å². The van der Waals surface area contributed by atoms with Crippen molar-refractivity contribution in [3.05, 3.63) is 63.2 Å². The zero-order chi connectivity index (χ0) is 21.8. The number of hydrogen-bond donors (Lipinski definition) is 1. The van der Waals surface area contributed by atoms with Crippen LogP contribution in [0.3, 0.4) is 0 Å². The van der Waals surface area contributed by atoms with E-state index in [1.165, 1.54) is 28.9 Å². The molecule has 1 amide bonds. The molecule has 0 atom stereocenters. The first-order valence-corrected chi connectivity index (χ1v) is 9.58. The van der Waals surface area contributed by atoms with Gasteiger partial charge in [0.05, 0.1) is 16.2 Å². The van der Waals surface area contributed by atoms with Gasteiger partial charge in [-0.25, -0.2) is 4.79 Å². The van der Waals surface area contributed by atoms with Gasteiger partial charge in [0, 0.05) is 44.0 Å². The first kappa shape index (κ1) is 21.1. The van der Waals surface area contributed by atoms with E-state index in [-0.39, 0.29) is 22.8 Å². The zero-order valence-corrected chi connectivity index (χ0v) is 17.0. The first-order valence-electron chi connectivity index (χ1n) is 9.58. The number of nitro groups is 1. The predicted octanol–water partition coefficient (Wildman–Crippen LogP) is 2.30. The SMILES string of the molecule is Cc1cccc(N2CCN(C(=O)COC(=O)c3ccc([N+](=O)[O-])cc3N)CC2)c1C. The average molecular weight is 412 g/mol. The van der Waals surface area contributed by atoms with Gasteiger partial charge in [-0.2, -0.15) is 0 Å². The van der Waals surface area contributed by atoms with Crippen LogP contribution in [0.1, 0.15) is 21.5 Å². The van der Waals surface area contributed by atoms with E-state index in [1.54, 1.807) is 4.90 Å². The van der Waals surface area contributed by atoms with Crippen molar-refractivity contribution >= 4 is 28.9 Å².